The fourth-order valence-electron chi connectivity index (χ4n) is 1.19. The highest BCUT2D eigenvalue weighted by Gasteiger charge is 2.06. The predicted molar refractivity (Wildman–Crippen MR) is 62.7 cm³/mol. The molecule has 0 aliphatic rings. The largest absolute Gasteiger partial charge is 0.383 e. The van der Waals surface area contributed by atoms with E-state index in [4.69, 9.17) is 4.74 Å². The Balaban J connectivity index is 2.63. The minimum Gasteiger partial charge on any atom is -0.383 e. The lowest BCUT2D eigenvalue weighted by Crippen LogP contribution is -2.27. The summed E-state index contributed by atoms with van der Waals surface area (Å²) in [6, 6.07) is 3.09. The molecule has 0 bridgehead atoms. The summed E-state index contributed by atoms with van der Waals surface area (Å²) >= 11 is 0. The van der Waals surface area contributed by atoms with Crippen LogP contribution in [0.15, 0.2) is 18.3 Å². The van der Waals surface area contributed by atoms with Crippen LogP contribution < -0.4 is 10.6 Å². The zero-order valence-corrected chi connectivity index (χ0v) is 9.82. The molecular formula is C11H15N3O3. The Bertz CT molecular complexity index is 407. The molecular weight excluding hydrogens is 222 g/mol. The Labute approximate surface area is 99.4 Å². The number of ether oxygens (including phenoxy) is 1. The maximum Gasteiger partial charge on any atom is 0.251 e. The molecule has 0 atom stereocenters. The van der Waals surface area contributed by atoms with Gasteiger partial charge in [-0.2, -0.15) is 0 Å². The lowest BCUT2D eigenvalue weighted by molar-refractivity contribution is -0.114. The maximum absolute atomic E-state index is 11.7. The molecule has 1 rings (SSSR count). The van der Waals surface area contributed by atoms with E-state index in [-0.39, 0.29) is 11.8 Å². The molecule has 0 radical (unpaired) electrons. The number of nitrogens with zero attached hydrogens (tertiary/aromatic N) is 1. The van der Waals surface area contributed by atoms with E-state index in [9.17, 15) is 9.59 Å². The zero-order valence-electron chi connectivity index (χ0n) is 9.82. The van der Waals surface area contributed by atoms with Gasteiger partial charge in [-0.15, -0.1) is 0 Å². The number of rotatable bonds is 5. The number of hydrogen-bond donors (Lipinski definition) is 2. The van der Waals surface area contributed by atoms with E-state index in [1.807, 2.05) is 0 Å². The van der Waals surface area contributed by atoms with Crippen LogP contribution in [0.1, 0.15) is 17.3 Å². The van der Waals surface area contributed by atoms with Crippen molar-refractivity contribution in [1.82, 2.24) is 10.3 Å². The lowest BCUT2D eigenvalue weighted by atomic mass is 10.2. The topological polar surface area (TPSA) is 80.3 Å². The summed E-state index contributed by atoms with van der Waals surface area (Å²) in [5, 5.41) is 5.19. The molecule has 0 aliphatic heterocycles. The molecule has 0 saturated carbocycles. The van der Waals surface area contributed by atoms with Gasteiger partial charge in [0.15, 0.2) is 0 Å². The Kier molecular flexibility index (Phi) is 5.09. The number of nitrogens with one attached hydrogen (secondary N) is 2. The first-order chi connectivity index (χ1) is 8.13. The summed E-state index contributed by atoms with van der Waals surface area (Å²) in [6.45, 7) is 2.27. The molecule has 2 N–H and O–H groups in total. The summed E-state index contributed by atoms with van der Waals surface area (Å²) < 4.78 is 4.82. The molecule has 1 aromatic rings. The molecule has 0 fully saturated rings. The van der Waals surface area contributed by atoms with Gasteiger partial charge in [-0.25, -0.2) is 4.98 Å². The molecule has 6 heteroatoms. The Hall–Kier alpha value is -1.95. The van der Waals surface area contributed by atoms with Crippen LogP contribution in [0, 0.1) is 0 Å². The van der Waals surface area contributed by atoms with E-state index >= 15 is 0 Å². The van der Waals surface area contributed by atoms with Gasteiger partial charge in [0.05, 0.1) is 6.61 Å². The molecule has 6 nitrogen and oxygen atoms in total. The van der Waals surface area contributed by atoms with Crippen molar-refractivity contribution >= 4 is 17.6 Å². The second-order valence-electron chi connectivity index (χ2n) is 3.36. The van der Waals surface area contributed by atoms with Crippen molar-refractivity contribution in [3.05, 3.63) is 23.9 Å². The molecule has 92 valence electrons. The first-order valence-electron chi connectivity index (χ1n) is 5.14. The molecule has 2 amide bonds. The third-order valence-corrected chi connectivity index (χ3v) is 1.92. The zero-order chi connectivity index (χ0) is 12.7. The van der Waals surface area contributed by atoms with Gasteiger partial charge in [0.25, 0.3) is 5.91 Å². The van der Waals surface area contributed by atoms with Crippen LogP contribution in [-0.4, -0.2) is 37.1 Å². The third-order valence-electron chi connectivity index (χ3n) is 1.92. The molecule has 0 saturated heterocycles. The van der Waals surface area contributed by atoms with Gasteiger partial charge < -0.3 is 15.4 Å². The van der Waals surface area contributed by atoms with E-state index in [2.05, 4.69) is 15.6 Å². The van der Waals surface area contributed by atoms with E-state index in [0.717, 1.165) is 0 Å². The second kappa shape index (κ2) is 6.59. The van der Waals surface area contributed by atoms with Crippen LogP contribution >= 0.6 is 0 Å². The standard InChI is InChI=1S/C11H15N3O3/c1-8(15)14-10-7-9(3-4-12-10)11(16)13-5-6-17-2/h3-4,7H,5-6H2,1-2H3,(H,13,16)(H,12,14,15). The summed E-state index contributed by atoms with van der Waals surface area (Å²) in [4.78, 5) is 26.4. The van der Waals surface area contributed by atoms with Gasteiger partial charge in [-0.1, -0.05) is 0 Å². The van der Waals surface area contributed by atoms with Gasteiger partial charge in [0.2, 0.25) is 5.91 Å². The number of methoxy groups -OCH3 is 1. The highest BCUT2D eigenvalue weighted by Crippen LogP contribution is 2.06. The van der Waals surface area contributed by atoms with Crippen molar-refractivity contribution in [2.75, 3.05) is 25.6 Å². The molecule has 1 aromatic heterocycles. The van der Waals surface area contributed by atoms with Gasteiger partial charge in [-0.05, 0) is 12.1 Å². The molecule has 1 heterocycles. The Morgan fingerprint density at radius 2 is 2.24 bits per heavy atom. The minimum atomic E-state index is -0.227. The minimum absolute atomic E-state index is 0.226. The maximum atomic E-state index is 11.7. The first-order valence-corrected chi connectivity index (χ1v) is 5.14. The number of anilines is 1. The van der Waals surface area contributed by atoms with Crippen molar-refractivity contribution in [2.45, 2.75) is 6.92 Å². The molecule has 0 unspecified atom stereocenters. The lowest BCUT2D eigenvalue weighted by Gasteiger charge is -2.06. The van der Waals surface area contributed by atoms with E-state index in [1.54, 1.807) is 13.2 Å². The summed E-state index contributed by atoms with van der Waals surface area (Å²) in [7, 11) is 1.56. The highest BCUT2D eigenvalue weighted by atomic mass is 16.5. The average Bonchev–Trinajstić information content (AvgIpc) is 2.28. The third kappa shape index (κ3) is 4.60. The smallest absolute Gasteiger partial charge is 0.251 e. The fraction of sp³-hybridized carbons (Fsp3) is 0.364. The Morgan fingerprint density at radius 1 is 1.47 bits per heavy atom. The van der Waals surface area contributed by atoms with Crippen LogP contribution in [0.4, 0.5) is 5.82 Å². The molecule has 17 heavy (non-hydrogen) atoms. The number of carbonyl (C=O) groups excluding carboxylic acids is 2. The van der Waals surface area contributed by atoms with Gasteiger partial charge in [0, 0.05) is 32.3 Å². The van der Waals surface area contributed by atoms with Gasteiger partial charge in [0.1, 0.15) is 5.82 Å². The average molecular weight is 237 g/mol. The number of aromatic nitrogens is 1. The first kappa shape index (κ1) is 13.1. The molecule has 0 aromatic carbocycles. The monoisotopic (exact) mass is 237 g/mol. The summed E-state index contributed by atoms with van der Waals surface area (Å²) in [6.07, 6.45) is 1.47. The van der Waals surface area contributed by atoms with E-state index in [0.29, 0.717) is 24.5 Å². The van der Waals surface area contributed by atoms with Crippen LogP contribution in [0.2, 0.25) is 0 Å². The SMILES string of the molecule is COCCNC(=O)c1ccnc(NC(C)=O)c1. The second-order valence-corrected chi connectivity index (χ2v) is 3.36. The molecule has 0 aliphatic carbocycles. The number of carbonyl (C=O) groups is 2. The molecule has 0 spiro atoms. The van der Waals surface area contributed by atoms with Crippen molar-refractivity contribution in [1.29, 1.82) is 0 Å². The Morgan fingerprint density at radius 3 is 2.88 bits per heavy atom. The van der Waals surface area contributed by atoms with Crippen molar-refractivity contribution < 1.29 is 14.3 Å². The highest BCUT2D eigenvalue weighted by molar-refractivity contribution is 5.96. The number of hydrogen-bond acceptors (Lipinski definition) is 4. The van der Waals surface area contributed by atoms with Gasteiger partial charge >= 0.3 is 0 Å². The number of pyridine rings is 1. The normalized spacial score (nSPS) is 9.76. The van der Waals surface area contributed by atoms with Crippen LogP contribution in [0.5, 0.6) is 0 Å². The number of amides is 2. The van der Waals surface area contributed by atoms with Crippen molar-refractivity contribution in [3.8, 4) is 0 Å². The van der Waals surface area contributed by atoms with E-state index in [1.165, 1.54) is 19.2 Å². The van der Waals surface area contributed by atoms with Crippen LogP contribution in [0.3, 0.4) is 0 Å². The van der Waals surface area contributed by atoms with Crippen molar-refractivity contribution in [2.24, 2.45) is 0 Å². The summed E-state index contributed by atoms with van der Waals surface area (Å²) in [5.41, 5.74) is 0.444. The van der Waals surface area contributed by atoms with Crippen molar-refractivity contribution in [3.63, 3.8) is 0 Å². The quantitative estimate of drug-likeness (QED) is 0.727. The fourth-order valence-corrected chi connectivity index (χ4v) is 1.19. The van der Waals surface area contributed by atoms with Crippen LogP contribution in [-0.2, 0) is 9.53 Å². The predicted octanol–water partition coefficient (Wildman–Crippen LogP) is 0.416. The summed E-state index contributed by atoms with van der Waals surface area (Å²) in [5.74, 6) is -0.0950. The van der Waals surface area contributed by atoms with E-state index < -0.39 is 0 Å². The van der Waals surface area contributed by atoms with Crippen LogP contribution in [0.25, 0.3) is 0 Å². The van der Waals surface area contributed by atoms with Gasteiger partial charge in [-0.3, -0.25) is 9.59 Å².